The normalized spacial score (nSPS) is 23.2. The maximum absolute atomic E-state index is 12.5. The minimum atomic E-state index is -0.105. The monoisotopic (exact) mass is 274 g/mol. The lowest BCUT2D eigenvalue weighted by Gasteiger charge is -2.35. The zero-order valence-corrected chi connectivity index (χ0v) is 11.4. The maximum Gasteiger partial charge on any atom is 0.289 e. The molecule has 2 unspecified atom stereocenters. The van der Waals surface area contributed by atoms with E-state index >= 15 is 0 Å². The van der Waals surface area contributed by atoms with Crippen molar-refractivity contribution < 1.29 is 13.9 Å². The number of hydrogen-bond donors (Lipinski definition) is 1. The number of amides is 1. The van der Waals surface area contributed by atoms with E-state index in [1.54, 1.807) is 11.0 Å². The van der Waals surface area contributed by atoms with E-state index in [1.807, 2.05) is 31.2 Å². The number of carbonyl (C=O) groups excluding carboxylic acids is 1. The van der Waals surface area contributed by atoms with Gasteiger partial charge >= 0.3 is 0 Å². The van der Waals surface area contributed by atoms with Crippen molar-refractivity contribution >= 4 is 16.9 Å². The van der Waals surface area contributed by atoms with Crippen molar-refractivity contribution in [2.45, 2.75) is 19.1 Å². The van der Waals surface area contributed by atoms with Crippen LogP contribution in [0.5, 0.6) is 0 Å². The second-order valence-electron chi connectivity index (χ2n) is 5.16. The standard InChI is InChI=1S/C15H18N2O3/c1-10-8-17(9-12(7-16)19-10)15(18)14-6-11-4-2-3-5-13(11)20-14/h2-6,10,12H,7-9,16H2,1H3. The molecule has 2 heterocycles. The molecule has 1 fully saturated rings. The number of morpholine rings is 1. The highest BCUT2D eigenvalue weighted by atomic mass is 16.5. The first kappa shape index (κ1) is 13.1. The van der Waals surface area contributed by atoms with Crippen molar-refractivity contribution in [2.24, 2.45) is 5.73 Å². The molecule has 0 spiro atoms. The minimum Gasteiger partial charge on any atom is -0.451 e. The third kappa shape index (κ3) is 2.42. The smallest absolute Gasteiger partial charge is 0.289 e. The van der Waals surface area contributed by atoms with Gasteiger partial charge in [0, 0.05) is 25.0 Å². The molecule has 0 radical (unpaired) electrons. The number of rotatable bonds is 2. The number of nitrogens with zero attached hydrogens (tertiary/aromatic N) is 1. The van der Waals surface area contributed by atoms with Crippen LogP contribution in [-0.4, -0.2) is 42.6 Å². The predicted octanol–water partition coefficient (Wildman–Crippen LogP) is 1.62. The number of furan rings is 1. The summed E-state index contributed by atoms with van der Waals surface area (Å²) in [4.78, 5) is 14.3. The largest absolute Gasteiger partial charge is 0.451 e. The van der Waals surface area contributed by atoms with Gasteiger partial charge in [0.25, 0.3) is 5.91 Å². The Hall–Kier alpha value is -1.85. The van der Waals surface area contributed by atoms with E-state index in [1.165, 1.54) is 0 Å². The van der Waals surface area contributed by atoms with Gasteiger partial charge in [-0.25, -0.2) is 0 Å². The molecule has 1 aliphatic heterocycles. The van der Waals surface area contributed by atoms with Gasteiger partial charge in [-0.05, 0) is 19.1 Å². The van der Waals surface area contributed by atoms with Crippen LogP contribution in [0.2, 0.25) is 0 Å². The third-order valence-electron chi connectivity index (χ3n) is 3.51. The Morgan fingerprint density at radius 1 is 1.40 bits per heavy atom. The SMILES string of the molecule is CC1CN(C(=O)c2cc3ccccc3o2)CC(CN)O1. The fraction of sp³-hybridized carbons (Fsp3) is 0.400. The van der Waals surface area contributed by atoms with Gasteiger partial charge < -0.3 is 19.8 Å². The van der Waals surface area contributed by atoms with Crippen LogP contribution in [0.1, 0.15) is 17.5 Å². The fourth-order valence-corrected chi connectivity index (χ4v) is 2.58. The summed E-state index contributed by atoms with van der Waals surface area (Å²) in [6.07, 6.45) is -0.113. The van der Waals surface area contributed by atoms with Crippen molar-refractivity contribution in [3.8, 4) is 0 Å². The number of carbonyl (C=O) groups is 1. The average molecular weight is 274 g/mol. The first-order valence-corrected chi connectivity index (χ1v) is 6.80. The Balaban J connectivity index is 1.84. The molecule has 20 heavy (non-hydrogen) atoms. The van der Waals surface area contributed by atoms with Crippen LogP contribution in [0.15, 0.2) is 34.7 Å². The quantitative estimate of drug-likeness (QED) is 0.903. The van der Waals surface area contributed by atoms with Crippen LogP contribution in [0.25, 0.3) is 11.0 Å². The van der Waals surface area contributed by atoms with Crippen LogP contribution >= 0.6 is 0 Å². The van der Waals surface area contributed by atoms with E-state index in [9.17, 15) is 4.79 Å². The van der Waals surface area contributed by atoms with Gasteiger partial charge in [-0.3, -0.25) is 4.79 Å². The Morgan fingerprint density at radius 3 is 2.95 bits per heavy atom. The molecule has 5 heteroatoms. The molecule has 5 nitrogen and oxygen atoms in total. The lowest BCUT2D eigenvalue weighted by Crippen LogP contribution is -2.51. The third-order valence-corrected chi connectivity index (χ3v) is 3.51. The minimum absolute atomic E-state index is 0.00868. The van der Waals surface area contributed by atoms with Crippen molar-refractivity contribution in [1.82, 2.24) is 4.90 Å². The van der Waals surface area contributed by atoms with Gasteiger partial charge in [-0.15, -0.1) is 0 Å². The molecule has 106 valence electrons. The van der Waals surface area contributed by atoms with Gasteiger partial charge in [0.05, 0.1) is 12.2 Å². The van der Waals surface area contributed by atoms with E-state index < -0.39 is 0 Å². The Morgan fingerprint density at radius 2 is 2.20 bits per heavy atom. The Bertz CT molecular complexity index is 589. The summed E-state index contributed by atoms with van der Waals surface area (Å²) in [6.45, 7) is 3.43. The summed E-state index contributed by atoms with van der Waals surface area (Å²) in [7, 11) is 0. The van der Waals surface area contributed by atoms with E-state index in [2.05, 4.69) is 0 Å². The van der Waals surface area contributed by atoms with E-state index in [0.717, 1.165) is 11.0 Å². The summed E-state index contributed by atoms with van der Waals surface area (Å²) in [5, 5.41) is 0.938. The zero-order valence-electron chi connectivity index (χ0n) is 11.4. The molecular weight excluding hydrogens is 256 g/mol. The van der Waals surface area contributed by atoms with E-state index in [-0.39, 0.29) is 18.1 Å². The highest BCUT2D eigenvalue weighted by Crippen LogP contribution is 2.21. The van der Waals surface area contributed by atoms with Crippen molar-refractivity contribution in [1.29, 1.82) is 0 Å². The van der Waals surface area contributed by atoms with Gasteiger partial charge in [-0.2, -0.15) is 0 Å². The average Bonchev–Trinajstić information content (AvgIpc) is 2.89. The molecule has 2 aromatic rings. The number of fused-ring (bicyclic) bond motifs is 1. The van der Waals surface area contributed by atoms with Gasteiger partial charge in [0.1, 0.15) is 5.58 Å². The van der Waals surface area contributed by atoms with Crippen LogP contribution < -0.4 is 5.73 Å². The number of nitrogens with two attached hydrogens (primary N) is 1. The first-order chi connectivity index (χ1) is 9.67. The number of para-hydroxylation sites is 1. The summed E-state index contributed by atoms with van der Waals surface area (Å²) in [5.41, 5.74) is 6.37. The summed E-state index contributed by atoms with van der Waals surface area (Å²) >= 11 is 0. The van der Waals surface area contributed by atoms with Crippen LogP contribution in [0, 0.1) is 0 Å². The Labute approximate surface area is 117 Å². The summed E-state index contributed by atoms with van der Waals surface area (Å²) in [6, 6.07) is 9.39. The zero-order chi connectivity index (χ0) is 14.1. The molecule has 1 amide bonds. The molecule has 2 N–H and O–H groups in total. The van der Waals surface area contributed by atoms with Gasteiger partial charge in [-0.1, -0.05) is 18.2 Å². The van der Waals surface area contributed by atoms with Crippen LogP contribution in [0.3, 0.4) is 0 Å². The molecule has 0 bridgehead atoms. The first-order valence-electron chi connectivity index (χ1n) is 6.80. The molecular formula is C15H18N2O3. The van der Waals surface area contributed by atoms with E-state index in [4.69, 9.17) is 14.9 Å². The summed E-state index contributed by atoms with van der Waals surface area (Å²) in [5.74, 6) is 0.269. The predicted molar refractivity (Wildman–Crippen MR) is 75.5 cm³/mol. The van der Waals surface area contributed by atoms with E-state index in [0.29, 0.717) is 25.4 Å². The molecule has 1 aliphatic rings. The lowest BCUT2D eigenvalue weighted by molar-refractivity contribution is -0.0631. The molecule has 3 rings (SSSR count). The molecule has 1 aromatic heterocycles. The molecule has 2 atom stereocenters. The highest BCUT2D eigenvalue weighted by molar-refractivity contribution is 5.96. The number of benzene rings is 1. The Kier molecular flexibility index (Phi) is 3.46. The van der Waals surface area contributed by atoms with Crippen LogP contribution in [0.4, 0.5) is 0 Å². The highest BCUT2D eigenvalue weighted by Gasteiger charge is 2.29. The summed E-state index contributed by atoms with van der Waals surface area (Å²) < 4.78 is 11.3. The maximum atomic E-state index is 12.5. The fourth-order valence-electron chi connectivity index (χ4n) is 2.58. The van der Waals surface area contributed by atoms with Crippen molar-refractivity contribution in [2.75, 3.05) is 19.6 Å². The molecule has 0 aliphatic carbocycles. The topological polar surface area (TPSA) is 68.7 Å². The molecule has 0 saturated carbocycles. The van der Waals surface area contributed by atoms with Gasteiger partial charge in [0.15, 0.2) is 5.76 Å². The van der Waals surface area contributed by atoms with Crippen LogP contribution in [-0.2, 0) is 4.74 Å². The molecule has 1 aromatic carbocycles. The second kappa shape index (κ2) is 5.26. The lowest BCUT2D eigenvalue weighted by atomic mass is 10.2. The molecule has 1 saturated heterocycles. The second-order valence-corrected chi connectivity index (χ2v) is 5.16. The van der Waals surface area contributed by atoms with Gasteiger partial charge in [0.2, 0.25) is 0 Å². The number of hydrogen-bond acceptors (Lipinski definition) is 4. The number of ether oxygens (including phenoxy) is 1. The van der Waals surface area contributed by atoms with Crippen molar-refractivity contribution in [3.63, 3.8) is 0 Å². The van der Waals surface area contributed by atoms with Crippen molar-refractivity contribution in [3.05, 3.63) is 36.1 Å².